The molecule has 6 heteroatoms. The number of hydrogen-bond acceptors (Lipinski definition) is 3. The highest BCUT2D eigenvalue weighted by molar-refractivity contribution is 5.99. The first-order chi connectivity index (χ1) is 9.56. The summed E-state index contributed by atoms with van der Waals surface area (Å²) in [5, 5.41) is 0. The van der Waals surface area contributed by atoms with E-state index in [0.717, 1.165) is 12.5 Å². The van der Waals surface area contributed by atoms with Gasteiger partial charge in [-0.3, -0.25) is 9.59 Å². The van der Waals surface area contributed by atoms with Crippen LogP contribution in [-0.2, 0) is 4.79 Å². The van der Waals surface area contributed by atoms with Gasteiger partial charge in [0.2, 0.25) is 5.91 Å². The van der Waals surface area contributed by atoms with Crippen molar-refractivity contribution in [2.75, 3.05) is 25.4 Å². The van der Waals surface area contributed by atoms with Gasteiger partial charge in [-0.1, -0.05) is 0 Å². The number of piperazine rings is 1. The van der Waals surface area contributed by atoms with Crippen LogP contribution in [0.25, 0.3) is 0 Å². The van der Waals surface area contributed by atoms with E-state index in [2.05, 4.69) is 0 Å². The molecule has 106 valence electrons. The summed E-state index contributed by atoms with van der Waals surface area (Å²) in [5.74, 6) is -0.477. The van der Waals surface area contributed by atoms with Crippen molar-refractivity contribution in [2.24, 2.45) is 0 Å². The van der Waals surface area contributed by atoms with Gasteiger partial charge in [0.25, 0.3) is 5.91 Å². The van der Waals surface area contributed by atoms with Crippen molar-refractivity contribution in [1.29, 1.82) is 0 Å². The third kappa shape index (κ3) is 2.11. The van der Waals surface area contributed by atoms with E-state index < -0.39 is 5.82 Å². The van der Waals surface area contributed by atoms with Gasteiger partial charge in [0.05, 0.1) is 5.56 Å². The Hall–Kier alpha value is -2.11. The predicted molar refractivity (Wildman–Crippen MR) is 71.5 cm³/mol. The van der Waals surface area contributed by atoms with Crippen LogP contribution in [-0.4, -0.2) is 47.3 Å². The van der Waals surface area contributed by atoms with E-state index in [0.29, 0.717) is 31.6 Å². The minimum Gasteiger partial charge on any atom is -0.398 e. The first kappa shape index (κ1) is 12.9. The highest BCUT2D eigenvalue weighted by atomic mass is 19.1. The minimum atomic E-state index is -0.453. The van der Waals surface area contributed by atoms with Gasteiger partial charge in [0.15, 0.2) is 0 Å². The molecule has 1 aromatic rings. The van der Waals surface area contributed by atoms with E-state index in [4.69, 9.17) is 5.73 Å². The van der Waals surface area contributed by atoms with Crippen LogP contribution in [0.15, 0.2) is 18.2 Å². The molecule has 2 saturated heterocycles. The van der Waals surface area contributed by atoms with Gasteiger partial charge in [0.1, 0.15) is 5.82 Å². The Balaban J connectivity index is 1.77. The Morgan fingerprint density at radius 2 is 2.15 bits per heavy atom. The van der Waals surface area contributed by atoms with Crippen molar-refractivity contribution in [3.05, 3.63) is 29.6 Å². The smallest absolute Gasteiger partial charge is 0.256 e. The van der Waals surface area contributed by atoms with E-state index in [-0.39, 0.29) is 23.5 Å². The van der Waals surface area contributed by atoms with Crippen molar-refractivity contribution in [3.8, 4) is 0 Å². The Bertz CT molecular complexity index is 576. The monoisotopic (exact) mass is 277 g/mol. The molecule has 0 bridgehead atoms. The lowest BCUT2D eigenvalue weighted by Gasteiger charge is -2.37. The third-order valence-corrected chi connectivity index (χ3v) is 4.03. The molecule has 2 N–H and O–H groups in total. The standard InChI is InChI=1S/C14H16FN3O2/c15-9-1-3-11(12(16)7-9)14(20)17-5-6-18-10(8-17)2-4-13(18)19/h1,3,7,10H,2,4-6,8,16H2. The molecular formula is C14H16FN3O2. The van der Waals surface area contributed by atoms with E-state index >= 15 is 0 Å². The summed E-state index contributed by atoms with van der Waals surface area (Å²) in [6.45, 7) is 1.59. The second-order valence-electron chi connectivity index (χ2n) is 5.26. The van der Waals surface area contributed by atoms with E-state index in [1.54, 1.807) is 4.90 Å². The topological polar surface area (TPSA) is 66.6 Å². The molecule has 0 aliphatic carbocycles. The lowest BCUT2D eigenvalue weighted by atomic mass is 10.1. The molecule has 5 nitrogen and oxygen atoms in total. The first-order valence-corrected chi connectivity index (χ1v) is 6.70. The number of halogens is 1. The summed E-state index contributed by atoms with van der Waals surface area (Å²) in [5.41, 5.74) is 6.18. The van der Waals surface area contributed by atoms with Crippen LogP contribution in [0.4, 0.5) is 10.1 Å². The molecule has 20 heavy (non-hydrogen) atoms. The lowest BCUT2D eigenvalue weighted by molar-refractivity contribution is -0.130. The van der Waals surface area contributed by atoms with Gasteiger partial charge in [-0.2, -0.15) is 0 Å². The highest BCUT2D eigenvalue weighted by Crippen LogP contribution is 2.24. The number of fused-ring (bicyclic) bond motifs is 1. The number of nitrogens with two attached hydrogens (primary N) is 1. The molecule has 0 spiro atoms. The molecule has 0 radical (unpaired) electrons. The number of carbonyl (C=O) groups is 2. The van der Waals surface area contributed by atoms with Crippen LogP contribution in [0.5, 0.6) is 0 Å². The second kappa shape index (κ2) is 4.77. The van der Waals surface area contributed by atoms with E-state index in [1.807, 2.05) is 4.90 Å². The van der Waals surface area contributed by atoms with Crippen LogP contribution >= 0.6 is 0 Å². The van der Waals surface area contributed by atoms with E-state index in [1.165, 1.54) is 12.1 Å². The van der Waals surface area contributed by atoms with Gasteiger partial charge in [-0.15, -0.1) is 0 Å². The minimum absolute atomic E-state index is 0.113. The fourth-order valence-corrected chi connectivity index (χ4v) is 2.95. The van der Waals surface area contributed by atoms with Crippen molar-refractivity contribution in [2.45, 2.75) is 18.9 Å². The average Bonchev–Trinajstić information content (AvgIpc) is 2.79. The van der Waals surface area contributed by atoms with Gasteiger partial charge < -0.3 is 15.5 Å². The molecule has 2 amide bonds. The molecular weight excluding hydrogens is 261 g/mol. The van der Waals surface area contributed by atoms with Crippen LogP contribution in [0.2, 0.25) is 0 Å². The lowest BCUT2D eigenvalue weighted by Crippen LogP contribution is -2.53. The quantitative estimate of drug-likeness (QED) is 0.774. The number of hydrogen-bond donors (Lipinski definition) is 1. The number of nitrogen functional groups attached to an aromatic ring is 1. The summed E-state index contributed by atoms with van der Waals surface area (Å²) in [6.07, 6.45) is 1.35. The maximum absolute atomic E-state index is 13.0. The van der Waals surface area contributed by atoms with Crippen molar-refractivity contribution in [1.82, 2.24) is 9.80 Å². The number of anilines is 1. The maximum Gasteiger partial charge on any atom is 0.256 e. The van der Waals surface area contributed by atoms with Crippen molar-refractivity contribution < 1.29 is 14.0 Å². The molecule has 1 atom stereocenters. The van der Waals surface area contributed by atoms with Gasteiger partial charge >= 0.3 is 0 Å². The molecule has 3 rings (SSSR count). The number of carbonyl (C=O) groups excluding carboxylic acids is 2. The van der Waals surface area contributed by atoms with Crippen LogP contribution in [0, 0.1) is 5.82 Å². The third-order valence-electron chi connectivity index (χ3n) is 4.03. The van der Waals surface area contributed by atoms with Gasteiger partial charge in [-0.25, -0.2) is 4.39 Å². The number of amides is 2. The fourth-order valence-electron chi connectivity index (χ4n) is 2.95. The number of rotatable bonds is 1. The predicted octanol–water partition coefficient (Wildman–Crippen LogP) is 0.855. The molecule has 0 aromatic heterocycles. The molecule has 2 heterocycles. The molecule has 1 aromatic carbocycles. The maximum atomic E-state index is 13.0. The summed E-state index contributed by atoms with van der Waals surface area (Å²) >= 11 is 0. The highest BCUT2D eigenvalue weighted by Gasteiger charge is 2.37. The summed E-state index contributed by atoms with van der Waals surface area (Å²) in [4.78, 5) is 27.6. The number of benzene rings is 1. The zero-order valence-corrected chi connectivity index (χ0v) is 11.0. The Kier molecular flexibility index (Phi) is 3.08. The molecule has 2 fully saturated rings. The first-order valence-electron chi connectivity index (χ1n) is 6.70. The number of nitrogens with zero attached hydrogens (tertiary/aromatic N) is 2. The molecule has 1 unspecified atom stereocenters. The van der Waals surface area contributed by atoms with Gasteiger partial charge in [0, 0.05) is 37.8 Å². The SMILES string of the molecule is Nc1cc(F)ccc1C(=O)N1CCN2C(=O)CCC2C1. The summed E-state index contributed by atoms with van der Waals surface area (Å²) in [7, 11) is 0. The second-order valence-corrected chi connectivity index (χ2v) is 5.26. The fraction of sp³-hybridized carbons (Fsp3) is 0.429. The molecule has 2 aliphatic rings. The van der Waals surface area contributed by atoms with Crippen molar-refractivity contribution in [3.63, 3.8) is 0 Å². The van der Waals surface area contributed by atoms with Crippen molar-refractivity contribution >= 4 is 17.5 Å². The summed E-state index contributed by atoms with van der Waals surface area (Å²) < 4.78 is 13.0. The Morgan fingerprint density at radius 1 is 1.35 bits per heavy atom. The zero-order chi connectivity index (χ0) is 14.3. The zero-order valence-electron chi connectivity index (χ0n) is 11.0. The normalized spacial score (nSPS) is 22.1. The van der Waals surface area contributed by atoms with Crippen LogP contribution < -0.4 is 5.73 Å². The molecule has 0 saturated carbocycles. The van der Waals surface area contributed by atoms with E-state index in [9.17, 15) is 14.0 Å². The Labute approximate surface area is 116 Å². The van der Waals surface area contributed by atoms with Crippen LogP contribution in [0.3, 0.4) is 0 Å². The van der Waals surface area contributed by atoms with Gasteiger partial charge in [-0.05, 0) is 24.6 Å². The summed E-state index contributed by atoms with van der Waals surface area (Å²) in [6, 6.07) is 3.92. The largest absolute Gasteiger partial charge is 0.398 e. The Morgan fingerprint density at radius 3 is 2.90 bits per heavy atom. The average molecular weight is 277 g/mol. The molecule has 2 aliphatic heterocycles. The van der Waals surface area contributed by atoms with Crippen LogP contribution in [0.1, 0.15) is 23.2 Å².